The number of rotatable bonds is 6. The van der Waals surface area contributed by atoms with Crippen LogP contribution in [-0.4, -0.2) is 56.4 Å². The molecule has 1 saturated heterocycles. The van der Waals surface area contributed by atoms with Crippen LogP contribution in [0.25, 0.3) is 6.08 Å². The number of nitrogens with zero attached hydrogens (tertiary/aromatic N) is 2. The Hall–Kier alpha value is -2.30. The summed E-state index contributed by atoms with van der Waals surface area (Å²) in [4.78, 5) is 4.64. The number of aryl methyl sites for hydroxylation is 1. The van der Waals surface area contributed by atoms with Gasteiger partial charge in [-0.05, 0) is 122 Å². The van der Waals surface area contributed by atoms with E-state index in [9.17, 15) is 5.11 Å². The summed E-state index contributed by atoms with van der Waals surface area (Å²) in [5, 5.41) is 11.5. The highest BCUT2D eigenvalue weighted by Gasteiger charge is 2.56. The number of ether oxygens (including phenoxy) is 1. The van der Waals surface area contributed by atoms with Gasteiger partial charge in [-0.3, -0.25) is 4.90 Å². The predicted octanol–water partition coefficient (Wildman–Crippen LogP) is 6.14. The summed E-state index contributed by atoms with van der Waals surface area (Å²) in [7, 11) is 4.14. The first-order valence-corrected chi connectivity index (χ1v) is 14.6. The Morgan fingerprint density at radius 2 is 1.86 bits per heavy atom. The van der Waals surface area contributed by atoms with Gasteiger partial charge in [0.25, 0.3) is 0 Å². The first kappa shape index (κ1) is 25.0. The fraction of sp³-hybridized carbons (Fsp3) is 0.576. The van der Waals surface area contributed by atoms with Crippen LogP contribution in [0.5, 0.6) is 5.75 Å². The van der Waals surface area contributed by atoms with Gasteiger partial charge in [-0.1, -0.05) is 31.2 Å². The van der Waals surface area contributed by atoms with E-state index in [1.807, 2.05) is 0 Å². The van der Waals surface area contributed by atoms with Gasteiger partial charge in [0.2, 0.25) is 0 Å². The van der Waals surface area contributed by atoms with Crippen molar-refractivity contribution in [1.82, 2.24) is 4.90 Å². The van der Waals surface area contributed by atoms with Gasteiger partial charge in [-0.25, -0.2) is 0 Å². The monoisotopic (exact) mass is 500 g/mol. The maximum atomic E-state index is 11.5. The normalized spacial score (nSPS) is 32.2. The van der Waals surface area contributed by atoms with Crippen LogP contribution in [0.2, 0.25) is 0 Å². The average molecular weight is 501 g/mol. The summed E-state index contributed by atoms with van der Waals surface area (Å²) < 4.78 is 6.18. The molecule has 0 bridgehead atoms. The lowest BCUT2D eigenvalue weighted by molar-refractivity contribution is -0.0158. The Morgan fingerprint density at radius 3 is 2.62 bits per heavy atom. The zero-order valence-corrected chi connectivity index (χ0v) is 23.0. The van der Waals surface area contributed by atoms with E-state index < -0.39 is 0 Å². The molecule has 3 aliphatic carbocycles. The Balaban J connectivity index is 1.16. The third kappa shape index (κ3) is 4.72. The van der Waals surface area contributed by atoms with E-state index in [1.54, 1.807) is 5.56 Å². The molecule has 0 unspecified atom stereocenters. The van der Waals surface area contributed by atoms with E-state index >= 15 is 0 Å². The number of likely N-dealkylation sites (tertiary alicyclic amines) is 1. The van der Waals surface area contributed by atoms with Crippen molar-refractivity contribution in [3.8, 4) is 5.75 Å². The summed E-state index contributed by atoms with van der Waals surface area (Å²) in [6, 6.07) is 15.6. The van der Waals surface area contributed by atoms with E-state index in [1.165, 1.54) is 61.2 Å². The summed E-state index contributed by atoms with van der Waals surface area (Å²) in [6.07, 6.45) is 10.3. The highest BCUT2D eigenvalue weighted by atomic mass is 16.5. The van der Waals surface area contributed by atoms with Gasteiger partial charge in [0.15, 0.2) is 0 Å². The number of anilines is 1. The van der Waals surface area contributed by atoms with Crippen LogP contribution >= 0.6 is 0 Å². The second-order valence-electron chi connectivity index (χ2n) is 12.5. The zero-order valence-electron chi connectivity index (χ0n) is 23.0. The van der Waals surface area contributed by atoms with Crippen molar-refractivity contribution < 1.29 is 9.84 Å². The van der Waals surface area contributed by atoms with Crippen molar-refractivity contribution in [2.75, 3.05) is 45.2 Å². The summed E-state index contributed by atoms with van der Waals surface area (Å²) in [5.41, 5.74) is 6.68. The van der Waals surface area contributed by atoms with Crippen LogP contribution in [0, 0.1) is 17.3 Å². The van der Waals surface area contributed by atoms with Gasteiger partial charge in [0, 0.05) is 31.7 Å². The Labute approximate surface area is 223 Å². The summed E-state index contributed by atoms with van der Waals surface area (Å²) in [6.45, 7) is 6.65. The van der Waals surface area contributed by atoms with Gasteiger partial charge in [-0.2, -0.15) is 0 Å². The molecule has 1 N–H and O–H groups in total. The molecule has 0 amide bonds. The molecule has 4 nitrogen and oxygen atoms in total. The van der Waals surface area contributed by atoms with Gasteiger partial charge in [-0.15, -0.1) is 0 Å². The quantitative estimate of drug-likeness (QED) is 0.517. The molecule has 198 valence electrons. The topological polar surface area (TPSA) is 35.9 Å². The maximum Gasteiger partial charge on any atom is 0.119 e. The van der Waals surface area contributed by atoms with Gasteiger partial charge >= 0.3 is 0 Å². The molecule has 4 aliphatic rings. The molecule has 1 aliphatic heterocycles. The van der Waals surface area contributed by atoms with Gasteiger partial charge in [0.1, 0.15) is 12.4 Å². The maximum absolute atomic E-state index is 11.5. The minimum absolute atomic E-state index is 0.00724. The Kier molecular flexibility index (Phi) is 6.83. The smallest absolute Gasteiger partial charge is 0.119 e. The van der Waals surface area contributed by atoms with Crippen LogP contribution < -0.4 is 9.64 Å². The van der Waals surface area contributed by atoms with Crippen LogP contribution in [0.3, 0.4) is 0 Å². The zero-order chi connectivity index (χ0) is 25.6. The van der Waals surface area contributed by atoms with E-state index in [0.717, 1.165) is 38.2 Å². The van der Waals surface area contributed by atoms with Crippen LogP contribution in [0.15, 0.2) is 48.0 Å². The summed E-state index contributed by atoms with van der Waals surface area (Å²) >= 11 is 0. The van der Waals surface area contributed by atoms with Crippen molar-refractivity contribution in [3.63, 3.8) is 0 Å². The third-order valence-electron chi connectivity index (χ3n) is 10.2. The molecular formula is C33H44N2O2. The fourth-order valence-electron chi connectivity index (χ4n) is 8.03. The molecule has 2 aromatic rings. The van der Waals surface area contributed by atoms with Crippen molar-refractivity contribution >= 4 is 11.8 Å². The van der Waals surface area contributed by atoms with Crippen LogP contribution in [0.4, 0.5) is 5.69 Å². The van der Waals surface area contributed by atoms with E-state index in [-0.39, 0.29) is 11.5 Å². The minimum Gasteiger partial charge on any atom is -0.492 e. The van der Waals surface area contributed by atoms with Crippen molar-refractivity contribution in [2.45, 2.75) is 63.9 Å². The van der Waals surface area contributed by atoms with E-state index in [0.29, 0.717) is 17.8 Å². The third-order valence-corrected chi connectivity index (χ3v) is 10.2. The minimum atomic E-state index is -0.334. The Bertz CT molecular complexity index is 1130. The second-order valence-corrected chi connectivity index (χ2v) is 12.5. The molecular weight excluding hydrogens is 456 g/mol. The highest BCUT2D eigenvalue weighted by molar-refractivity contribution is 5.59. The largest absolute Gasteiger partial charge is 0.492 e. The lowest BCUT2D eigenvalue weighted by Gasteiger charge is -2.49. The number of benzene rings is 2. The molecule has 0 aromatic heterocycles. The SMILES string of the molecule is CN(C)c1ccc(/C=C2\C[C@H]3[C@@H]4CCc5cc(OCCN6CCCC6)ccc5[C@H]4CC[C@]3(C)[C@H]2O)cc1. The molecule has 3 fully saturated rings. The van der Waals surface area contributed by atoms with Crippen molar-refractivity contribution in [1.29, 1.82) is 0 Å². The molecule has 5 atom stereocenters. The molecule has 6 rings (SSSR count). The second kappa shape index (κ2) is 10.1. The van der Waals surface area contributed by atoms with Gasteiger partial charge in [0.05, 0.1) is 6.10 Å². The number of aliphatic hydroxyl groups excluding tert-OH is 1. The molecule has 1 heterocycles. The van der Waals surface area contributed by atoms with Gasteiger partial charge < -0.3 is 14.7 Å². The van der Waals surface area contributed by atoms with Crippen LogP contribution in [0.1, 0.15) is 68.1 Å². The molecule has 0 spiro atoms. The summed E-state index contributed by atoms with van der Waals surface area (Å²) in [5.74, 6) is 2.87. The highest BCUT2D eigenvalue weighted by Crippen LogP contribution is 2.62. The molecule has 0 radical (unpaired) electrons. The molecule has 2 aromatic carbocycles. The van der Waals surface area contributed by atoms with Crippen LogP contribution in [-0.2, 0) is 6.42 Å². The standard InChI is InChI=1S/C33H44N2O2/c1-33-15-14-29-28-13-11-27(37-19-18-35-16-4-5-17-35)21-24(28)8-12-30(29)31(33)22-25(32(33)36)20-23-6-9-26(10-7-23)34(2)3/h6-7,9-11,13,20-21,29-32,36H,4-5,8,12,14-19,22H2,1-3H3/b25-20+/t29-,30-,31+,32+,33+/m1/s1. The Morgan fingerprint density at radius 1 is 1.08 bits per heavy atom. The lowest BCUT2D eigenvalue weighted by Crippen LogP contribution is -2.44. The number of hydrogen-bond acceptors (Lipinski definition) is 4. The number of fused-ring (bicyclic) bond motifs is 5. The predicted molar refractivity (Wildman–Crippen MR) is 152 cm³/mol. The average Bonchev–Trinajstić information content (AvgIpc) is 3.51. The van der Waals surface area contributed by atoms with E-state index in [4.69, 9.17) is 4.74 Å². The molecule has 4 heteroatoms. The fourth-order valence-corrected chi connectivity index (χ4v) is 8.03. The van der Waals surface area contributed by atoms with Crippen molar-refractivity contribution in [3.05, 3.63) is 64.7 Å². The van der Waals surface area contributed by atoms with Crippen molar-refractivity contribution in [2.24, 2.45) is 17.3 Å². The first-order chi connectivity index (χ1) is 17.9. The lowest BCUT2D eigenvalue weighted by atomic mass is 9.55. The number of aliphatic hydroxyl groups is 1. The molecule has 37 heavy (non-hydrogen) atoms. The van der Waals surface area contributed by atoms with E-state index in [2.05, 4.69) is 79.4 Å². The molecule has 2 saturated carbocycles. The number of hydrogen-bond donors (Lipinski definition) is 1. The first-order valence-electron chi connectivity index (χ1n) is 14.6.